The van der Waals surface area contributed by atoms with E-state index in [1.807, 2.05) is 0 Å². The fraction of sp³-hybridized carbons (Fsp3) is 0.143. The normalized spacial score (nSPS) is 9.79. The van der Waals surface area contributed by atoms with E-state index in [9.17, 15) is 9.59 Å². The Morgan fingerprint density at radius 2 is 2.36 bits per heavy atom. The second-order valence-electron chi connectivity index (χ2n) is 2.42. The maximum absolute atomic E-state index is 11.2. The van der Waals surface area contributed by atoms with Crippen molar-refractivity contribution in [1.29, 1.82) is 0 Å². The van der Waals surface area contributed by atoms with E-state index in [1.54, 1.807) is 12.3 Å². The van der Waals surface area contributed by atoms with Gasteiger partial charge in [-0.05, 0) is 22.0 Å². The first-order chi connectivity index (χ1) is 6.59. The summed E-state index contributed by atoms with van der Waals surface area (Å²) < 4.78 is 0.748. The van der Waals surface area contributed by atoms with Gasteiger partial charge < -0.3 is 10.7 Å². The first-order valence-corrected chi connectivity index (χ1v) is 4.43. The topological polar surface area (TPSA) is 97.2 Å². The first kappa shape index (κ1) is 10.7. The van der Waals surface area contributed by atoms with E-state index in [2.05, 4.69) is 31.2 Å². The summed E-state index contributed by atoms with van der Waals surface area (Å²) in [6.07, 6.45) is 1.60. The maximum Gasteiger partial charge on any atom is 0.291 e. The summed E-state index contributed by atoms with van der Waals surface area (Å²) >= 11 is 3.17. The number of H-pyrrole nitrogens is 1. The Labute approximate surface area is 87.9 Å². The number of carbonyl (C=O) groups excluding carboxylic acids is 2. The average Bonchev–Trinajstić information content (AvgIpc) is 2.51. The lowest BCUT2D eigenvalue weighted by Crippen LogP contribution is -2.29. The summed E-state index contributed by atoms with van der Waals surface area (Å²) in [6.45, 7) is -0.354. The lowest BCUT2D eigenvalue weighted by Gasteiger charge is -2.01. The molecule has 76 valence electrons. The van der Waals surface area contributed by atoms with Crippen molar-refractivity contribution in [1.82, 2.24) is 10.5 Å². The zero-order valence-corrected chi connectivity index (χ0v) is 8.63. The maximum atomic E-state index is 11.2. The summed E-state index contributed by atoms with van der Waals surface area (Å²) in [5.41, 5.74) is 7.16. The number of halogens is 1. The smallest absolute Gasteiger partial charge is 0.291 e. The molecule has 14 heavy (non-hydrogen) atoms. The largest absolute Gasteiger partial charge is 0.368 e. The van der Waals surface area contributed by atoms with Crippen molar-refractivity contribution < 1.29 is 14.4 Å². The predicted octanol–water partition coefficient (Wildman–Crippen LogP) is -0.0761. The highest BCUT2D eigenvalue weighted by Gasteiger charge is 2.07. The van der Waals surface area contributed by atoms with Crippen molar-refractivity contribution in [2.45, 2.75) is 0 Å². The molecular formula is C7H8BrN3O3. The number of aromatic nitrogens is 1. The van der Waals surface area contributed by atoms with Crippen LogP contribution in [-0.2, 0) is 9.63 Å². The third-order valence-corrected chi connectivity index (χ3v) is 1.73. The highest BCUT2D eigenvalue weighted by molar-refractivity contribution is 9.10. The van der Waals surface area contributed by atoms with Crippen LogP contribution in [-0.4, -0.2) is 23.4 Å². The quantitative estimate of drug-likeness (QED) is 0.662. The fourth-order valence-corrected chi connectivity index (χ4v) is 1.07. The summed E-state index contributed by atoms with van der Waals surface area (Å²) in [7, 11) is 0. The minimum Gasteiger partial charge on any atom is -0.368 e. The summed E-state index contributed by atoms with van der Waals surface area (Å²) in [5.74, 6) is -1.13. The molecule has 0 fully saturated rings. The van der Waals surface area contributed by atoms with Crippen LogP contribution in [0.1, 0.15) is 10.5 Å². The van der Waals surface area contributed by atoms with Gasteiger partial charge in [0.25, 0.3) is 5.91 Å². The van der Waals surface area contributed by atoms with Gasteiger partial charge in [0.1, 0.15) is 5.69 Å². The molecule has 0 bridgehead atoms. The molecule has 1 aromatic heterocycles. The Hall–Kier alpha value is -1.34. The highest BCUT2D eigenvalue weighted by Crippen LogP contribution is 2.09. The van der Waals surface area contributed by atoms with E-state index in [4.69, 9.17) is 5.73 Å². The molecule has 6 nitrogen and oxygen atoms in total. The second kappa shape index (κ2) is 4.77. The van der Waals surface area contributed by atoms with Crippen molar-refractivity contribution in [3.05, 3.63) is 22.4 Å². The van der Waals surface area contributed by atoms with Crippen LogP contribution >= 0.6 is 15.9 Å². The van der Waals surface area contributed by atoms with Crippen LogP contribution in [0.25, 0.3) is 0 Å². The van der Waals surface area contributed by atoms with Gasteiger partial charge in [0, 0.05) is 10.7 Å². The van der Waals surface area contributed by atoms with Gasteiger partial charge in [-0.25, -0.2) is 5.48 Å². The van der Waals surface area contributed by atoms with Crippen LogP contribution in [0.3, 0.4) is 0 Å². The van der Waals surface area contributed by atoms with Gasteiger partial charge in [-0.2, -0.15) is 0 Å². The SMILES string of the molecule is NC(=O)CONC(=O)c1cc(Br)c[nH]1. The molecule has 1 heterocycles. The Morgan fingerprint density at radius 1 is 1.64 bits per heavy atom. The fourth-order valence-electron chi connectivity index (χ4n) is 0.727. The summed E-state index contributed by atoms with van der Waals surface area (Å²) in [6, 6.07) is 1.57. The predicted molar refractivity (Wildman–Crippen MR) is 51.1 cm³/mol. The van der Waals surface area contributed by atoms with E-state index in [-0.39, 0.29) is 6.61 Å². The lowest BCUT2D eigenvalue weighted by atomic mass is 10.4. The zero-order valence-electron chi connectivity index (χ0n) is 7.04. The molecule has 1 aromatic rings. The molecule has 2 amide bonds. The number of aromatic amines is 1. The number of nitrogens with one attached hydrogen (secondary N) is 2. The molecule has 1 rings (SSSR count). The molecule has 0 unspecified atom stereocenters. The molecule has 0 aliphatic heterocycles. The van der Waals surface area contributed by atoms with E-state index < -0.39 is 11.8 Å². The second-order valence-corrected chi connectivity index (χ2v) is 3.33. The van der Waals surface area contributed by atoms with Gasteiger partial charge in [-0.15, -0.1) is 0 Å². The number of hydroxylamine groups is 1. The van der Waals surface area contributed by atoms with Crippen LogP contribution in [0.15, 0.2) is 16.7 Å². The Bertz CT molecular complexity index is 350. The minimum absolute atomic E-state index is 0.321. The third kappa shape index (κ3) is 3.19. The van der Waals surface area contributed by atoms with Crippen LogP contribution in [0, 0.1) is 0 Å². The summed E-state index contributed by atoms with van der Waals surface area (Å²) in [5, 5.41) is 0. The van der Waals surface area contributed by atoms with Gasteiger partial charge in [-0.3, -0.25) is 14.4 Å². The van der Waals surface area contributed by atoms with Crippen molar-refractivity contribution in [2.75, 3.05) is 6.61 Å². The Kier molecular flexibility index (Phi) is 3.66. The Balaban J connectivity index is 2.39. The lowest BCUT2D eigenvalue weighted by molar-refractivity contribution is -0.124. The van der Waals surface area contributed by atoms with Crippen LogP contribution in [0.5, 0.6) is 0 Å². The number of primary amides is 1. The van der Waals surface area contributed by atoms with Gasteiger partial charge in [0.2, 0.25) is 5.91 Å². The standard InChI is InChI=1S/C7H8BrN3O3/c8-4-1-5(10-2-4)7(13)11-14-3-6(9)12/h1-2,10H,3H2,(H2,9,12)(H,11,13). The number of hydrogen-bond donors (Lipinski definition) is 3. The van der Waals surface area contributed by atoms with E-state index in [0.717, 1.165) is 4.47 Å². The van der Waals surface area contributed by atoms with Gasteiger partial charge in [0.05, 0.1) is 0 Å². The van der Waals surface area contributed by atoms with Gasteiger partial charge in [-0.1, -0.05) is 0 Å². The van der Waals surface area contributed by atoms with Gasteiger partial charge >= 0.3 is 0 Å². The molecule has 0 spiro atoms. The average molecular weight is 262 g/mol. The molecule has 4 N–H and O–H groups in total. The molecule has 7 heteroatoms. The van der Waals surface area contributed by atoms with E-state index in [1.165, 1.54) is 0 Å². The molecule has 0 saturated carbocycles. The number of carbonyl (C=O) groups is 2. The minimum atomic E-state index is -0.655. The number of nitrogens with two attached hydrogens (primary N) is 1. The number of amides is 2. The molecule has 0 aromatic carbocycles. The first-order valence-electron chi connectivity index (χ1n) is 3.64. The van der Waals surface area contributed by atoms with Crippen LogP contribution < -0.4 is 11.2 Å². The monoisotopic (exact) mass is 261 g/mol. The third-order valence-electron chi connectivity index (χ3n) is 1.27. The molecule has 0 aliphatic carbocycles. The van der Waals surface area contributed by atoms with Crippen molar-refractivity contribution in [2.24, 2.45) is 5.73 Å². The number of hydrogen-bond acceptors (Lipinski definition) is 3. The van der Waals surface area contributed by atoms with E-state index in [0.29, 0.717) is 5.69 Å². The van der Waals surface area contributed by atoms with Crippen molar-refractivity contribution >= 4 is 27.7 Å². The van der Waals surface area contributed by atoms with Crippen LogP contribution in [0.2, 0.25) is 0 Å². The van der Waals surface area contributed by atoms with E-state index >= 15 is 0 Å². The Morgan fingerprint density at radius 3 is 2.86 bits per heavy atom. The zero-order chi connectivity index (χ0) is 10.6. The van der Waals surface area contributed by atoms with Crippen molar-refractivity contribution in [3.63, 3.8) is 0 Å². The highest BCUT2D eigenvalue weighted by atomic mass is 79.9. The molecular weight excluding hydrogens is 254 g/mol. The summed E-state index contributed by atoms with van der Waals surface area (Å²) in [4.78, 5) is 28.7. The van der Waals surface area contributed by atoms with Crippen LogP contribution in [0.4, 0.5) is 0 Å². The number of rotatable bonds is 4. The van der Waals surface area contributed by atoms with Crippen molar-refractivity contribution in [3.8, 4) is 0 Å². The molecule has 0 atom stereocenters. The van der Waals surface area contributed by atoms with Gasteiger partial charge in [0.15, 0.2) is 6.61 Å². The molecule has 0 aliphatic rings. The molecule has 0 radical (unpaired) electrons. The molecule has 0 saturated heterocycles.